The van der Waals surface area contributed by atoms with E-state index in [4.69, 9.17) is 0 Å². The molecule has 0 saturated heterocycles. The number of allylic oxidation sites excluding steroid dienone is 1. The van der Waals surface area contributed by atoms with Crippen LogP contribution in [0.15, 0.2) is 17.9 Å². The zero-order chi connectivity index (χ0) is 12.7. The third-order valence-corrected chi connectivity index (χ3v) is 4.15. The Bertz CT molecular complexity index is 230. The van der Waals surface area contributed by atoms with Crippen LogP contribution in [-0.4, -0.2) is 0 Å². The highest BCUT2D eigenvalue weighted by Gasteiger charge is 2.25. The first-order valence-corrected chi connectivity index (χ1v) is 6.88. The second-order valence-corrected chi connectivity index (χ2v) is 5.43. The molecule has 0 aromatic heterocycles. The maximum absolute atomic E-state index is 3.87. The van der Waals surface area contributed by atoms with Gasteiger partial charge in [-0.2, -0.15) is 0 Å². The van der Waals surface area contributed by atoms with Gasteiger partial charge in [-0.3, -0.25) is 0 Å². The molecule has 3 atom stereocenters. The molecular weight excluding hydrogens is 192 g/mol. The highest BCUT2D eigenvalue weighted by Crippen LogP contribution is 2.34. The number of rotatable bonds is 7. The van der Waals surface area contributed by atoms with Crippen LogP contribution in [0.4, 0.5) is 0 Å². The summed E-state index contributed by atoms with van der Waals surface area (Å²) < 4.78 is 0. The van der Waals surface area contributed by atoms with Crippen LogP contribution in [0.25, 0.3) is 0 Å². The van der Waals surface area contributed by atoms with Gasteiger partial charge in [-0.25, -0.2) is 0 Å². The molecule has 0 fully saturated rings. The normalized spacial score (nSPS) is 16.7. The standard InChI is InChI=1S/C16H30/c1-8-11-15(9-2)16(10-3)14(7)13(6)12(4)5/h12-14,16H,2,8,10-11H2,1,3-7H3. The zero-order valence-electron chi connectivity index (χ0n) is 12.1. The lowest BCUT2D eigenvalue weighted by Gasteiger charge is -2.31. The van der Waals surface area contributed by atoms with Crippen molar-refractivity contribution in [1.82, 2.24) is 0 Å². The molecule has 0 N–H and O–H groups in total. The first-order chi connectivity index (χ1) is 7.49. The van der Waals surface area contributed by atoms with E-state index in [1.807, 2.05) is 0 Å². The lowest BCUT2D eigenvalue weighted by molar-refractivity contribution is 0.226. The van der Waals surface area contributed by atoms with Gasteiger partial charge in [0.1, 0.15) is 0 Å². The molecule has 0 amide bonds. The minimum Gasteiger partial charge on any atom is -0.129 e. The van der Waals surface area contributed by atoms with Crippen LogP contribution < -0.4 is 0 Å². The first kappa shape index (κ1) is 15.5. The van der Waals surface area contributed by atoms with Gasteiger partial charge in [-0.15, -0.1) is 5.73 Å². The lowest BCUT2D eigenvalue weighted by Crippen LogP contribution is -2.23. The van der Waals surface area contributed by atoms with Crippen molar-refractivity contribution in [3.05, 3.63) is 17.9 Å². The van der Waals surface area contributed by atoms with Crippen molar-refractivity contribution in [3.8, 4) is 0 Å². The molecule has 0 radical (unpaired) electrons. The molecule has 0 aromatic rings. The van der Waals surface area contributed by atoms with Crippen molar-refractivity contribution in [2.75, 3.05) is 0 Å². The van der Waals surface area contributed by atoms with Crippen molar-refractivity contribution >= 4 is 0 Å². The third-order valence-electron chi connectivity index (χ3n) is 4.15. The monoisotopic (exact) mass is 222 g/mol. The van der Waals surface area contributed by atoms with Gasteiger partial charge in [-0.1, -0.05) is 54.5 Å². The molecular formula is C16H30. The lowest BCUT2D eigenvalue weighted by atomic mass is 9.73. The smallest absolute Gasteiger partial charge is 0.0102 e. The molecule has 0 aromatic carbocycles. The Morgan fingerprint density at radius 2 is 1.62 bits per heavy atom. The van der Waals surface area contributed by atoms with Crippen LogP contribution in [0.1, 0.15) is 60.8 Å². The topological polar surface area (TPSA) is 0 Å². The summed E-state index contributed by atoms with van der Waals surface area (Å²) in [4.78, 5) is 0. The minimum atomic E-state index is 0.676. The SMILES string of the molecule is C=C=C(CCC)C(CC)C(C)C(C)C(C)C. The predicted molar refractivity (Wildman–Crippen MR) is 74.5 cm³/mol. The van der Waals surface area contributed by atoms with E-state index in [-0.39, 0.29) is 0 Å². The van der Waals surface area contributed by atoms with E-state index in [0.29, 0.717) is 5.92 Å². The average Bonchev–Trinajstić information content (AvgIpc) is 2.27. The molecule has 0 rings (SSSR count). The molecule has 0 saturated carbocycles. The van der Waals surface area contributed by atoms with E-state index < -0.39 is 0 Å². The van der Waals surface area contributed by atoms with Crippen LogP contribution in [0.3, 0.4) is 0 Å². The Morgan fingerprint density at radius 1 is 1.06 bits per heavy atom. The second-order valence-electron chi connectivity index (χ2n) is 5.43. The molecule has 0 spiro atoms. The summed E-state index contributed by atoms with van der Waals surface area (Å²) in [5.41, 5.74) is 4.64. The number of hydrogen-bond acceptors (Lipinski definition) is 0. The molecule has 0 aliphatic heterocycles. The van der Waals surface area contributed by atoms with Crippen LogP contribution >= 0.6 is 0 Å². The van der Waals surface area contributed by atoms with Crippen molar-refractivity contribution in [2.45, 2.75) is 60.8 Å². The van der Waals surface area contributed by atoms with Crippen LogP contribution in [0, 0.1) is 23.7 Å². The Hall–Kier alpha value is -0.480. The van der Waals surface area contributed by atoms with Gasteiger partial charge in [0.25, 0.3) is 0 Å². The summed E-state index contributed by atoms with van der Waals surface area (Å²) in [5, 5.41) is 0. The van der Waals surface area contributed by atoms with Gasteiger partial charge in [0.05, 0.1) is 0 Å². The summed E-state index contributed by atoms with van der Waals surface area (Å²) in [7, 11) is 0. The van der Waals surface area contributed by atoms with Crippen molar-refractivity contribution < 1.29 is 0 Å². The Kier molecular flexibility index (Phi) is 7.51. The van der Waals surface area contributed by atoms with Gasteiger partial charge in [-0.05, 0) is 42.1 Å². The summed E-state index contributed by atoms with van der Waals surface area (Å²) in [6, 6.07) is 0. The fraction of sp³-hybridized carbons (Fsp3) is 0.812. The van der Waals surface area contributed by atoms with Gasteiger partial charge >= 0.3 is 0 Å². The van der Waals surface area contributed by atoms with Crippen LogP contribution in [-0.2, 0) is 0 Å². The maximum atomic E-state index is 3.87. The third kappa shape index (κ3) is 4.18. The largest absolute Gasteiger partial charge is 0.129 e. The van der Waals surface area contributed by atoms with Gasteiger partial charge in [0.2, 0.25) is 0 Å². The first-order valence-electron chi connectivity index (χ1n) is 6.88. The Morgan fingerprint density at radius 3 is 1.94 bits per heavy atom. The van der Waals surface area contributed by atoms with E-state index in [1.165, 1.54) is 18.4 Å². The molecule has 94 valence electrons. The summed E-state index contributed by atoms with van der Waals surface area (Å²) in [6.07, 6.45) is 3.59. The fourth-order valence-corrected chi connectivity index (χ4v) is 2.58. The van der Waals surface area contributed by atoms with E-state index >= 15 is 0 Å². The number of hydrogen-bond donors (Lipinski definition) is 0. The molecule has 3 unspecified atom stereocenters. The average molecular weight is 222 g/mol. The highest BCUT2D eigenvalue weighted by molar-refractivity contribution is 5.06. The van der Waals surface area contributed by atoms with E-state index in [0.717, 1.165) is 24.2 Å². The van der Waals surface area contributed by atoms with Gasteiger partial charge < -0.3 is 0 Å². The Balaban J connectivity index is 4.77. The molecule has 0 bridgehead atoms. The molecule has 16 heavy (non-hydrogen) atoms. The molecule has 0 aliphatic carbocycles. The zero-order valence-corrected chi connectivity index (χ0v) is 12.1. The van der Waals surface area contributed by atoms with Crippen LogP contribution in [0.5, 0.6) is 0 Å². The maximum Gasteiger partial charge on any atom is -0.0102 e. The van der Waals surface area contributed by atoms with Crippen molar-refractivity contribution in [1.29, 1.82) is 0 Å². The quantitative estimate of drug-likeness (QED) is 0.502. The van der Waals surface area contributed by atoms with Gasteiger partial charge in [0.15, 0.2) is 0 Å². The highest BCUT2D eigenvalue weighted by atomic mass is 14.3. The van der Waals surface area contributed by atoms with Gasteiger partial charge in [0, 0.05) is 0 Å². The predicted octanol–water partition coefficient (Wildman–Crippen LogP) is 5.45. The summed E-state index contributed by atoms with van der Waals surface area (Å²) in [6.45, 7) is 17.8. The summed E-state index contributed by atoms with van der Waals surface area (Å²) in [5.74, 6) is 2.94. The van der Waals surface area contributed by atoms with E-state index in [9.17, 15) is 0 Å². The fourth-order valence-electron chi connectivity index (χ4n) is 2.58. The van der Waals surface area contributed by atoms with E-state index in [1.54, 1.807) is 0 Å². The Labute approximate surface area is 103 Å². The molecule has 0 nitrogen and oxygen atoms in total. The summed E-state index contributed by atoms with van der Waals surface area (Å²) >= 11 is 0. The molecule has 0 heteroatoms. The molecule has 0 heterocycles. The molecule has 0 aliphatic rings. The minimum absolute atomic E-state index is 0.676. The van der Waals surface area contributed by atoms with Crippen molar-refractivity contribution in [3.63, 3.8) is 0 Å². The second kappa shape index (κ2) is 7.74. The van der Waals surface area contributed by atoms with Crippen LogP contribution in [0.2, 0.25) is 0 Å². The van der Waals surface area contributed by atoms with E-state index in [2.05, 4.69) is 53.9 Å². The van der Waals surface area contributed by atoms with Crippen molar-refractivity contribution in [2.24, 2.45) is 23.7 Å².